The van der Waals surface area contributed by atoms with Gasteiger partial charge in [0.25, 0.3) is 0 Å². The van der Waals surface area contributed by atoms with Gasteiger partial charge in [0, 0.05) is 0 Å². The van der Waals surface area contributed by atoms with E-state index in [1.54, 1.807) is 0 Å². The van der Waals surface area contributed by atoms with Crippen LogP contribution in [0.25, 0.3) is 0 Å². The molecule has 5 atom stereocenters. The van der Waals surface area contributed by atoms with Gasteiger partial charge in [-0.3, -0.25) is 0 Å². The molecule has 0 amide bonds. The van der Waals surface area contributed by atoms with Gasteiger partial charge in [-0.2, -0.15) is 0 Å². The quantitative estimate of drug-likeness (QED) is 0.576. The van der Waals surface area contributed by atoms with Crippen molar-refractivity contribution in [2.75, 3.05) is 0 Å². The molecule has 0 spiro atoms. The summed E-state index contributed by atoms with van der Waals surface area (Å²) in [6.07, 6.45) is 0.814. The average molecular weight is 198 g/mol. The zero-order chi connectivity index (χ0) is 11.1. The summed E-state index contributed by atoms with van der Waals surface area (Å²) in [6.45, 7) is 16.1. The fourth-order valence-corrected chi connectivity index (χ4v) is 2.65. The molecule has 14 heavy (non-hydrogen) atoms. The van der Waals surface area contributed by atoms with Crippen LogP contribution in [0, 0.1) is 23.2 Å². The van der Waals surface area contributed by atoms with E-state index in [1.807, 2.05) is 0 Å². The Morgan fingerprint density at radius 2 is 1.29 bits per heavy atom. The van der Waals surface area contributed by atoms with Crippen molar-refractivity contribution in [3.8, 4) is 0 Å². The number of ether oxygens (including phenoxy) is 1. The van der Waals surface area contributed by atoms with Crippen LogP contribution in [-0.2, 0) is 4.74 Å². The molecule has 1 rings (SSSR count). The van der Waals surface area contributed by atoms with Crippen molar-refractivity contribution < 1.29 is 4.74 Å². The minimum Gasteiger partial charge on any atom is -0.374 e. The average Bonchev–Trinajstić information content (AvgIpc) is 2.06. The fourth-order valence-electron chi connectivity index (χ4n) is 2.65. The first-order valence-electron chi connectivity index (χ1n) is 5.90. The molecule has 1 fully saturated rings. The van der Waals surface area contributed by atoms with Crippen LogP contribution in [0.2, 0.25) is 0 Å². The zero-order valence-corrected chi connectivity index (χ0v) is 10.8. The molecule has 0 bridgehead atoms. The predicted octanol–water partition coefficient (Wildman–Crippen LogP) is 3.73. The first-order valence-corrected chi connectivity index (χ1v) is 5.90. The molecule has 0 aromatic heterocycles. The van der Waals surface area contributed by atoms with E-state index in [0.29, 0.717) is 24.0 Å². The van der Waals surface area contributed by atoms with Gasteiger partial charge >= 0.3 is 0 Å². The van der Waals surface area contributed by atoms with Gasteiger partial charge in [0.15, 0.2) is 0 Å². The molecule has 0 saturated carbocycles. The smallest absolute Gasteiger partial charge is 0.0655 e. The molecule has 0 aromatic rings. The summed E-state index contributed by atoms with van der Waals surface area (Å²) in [5, 5.41) is 0. The minimum absolute atomic E-state index is 0.266. The van der Waals surface area contributed by atoms with E-state index in [0.717, 1.165) is 5.92 Å². The summed E-state index contributed by atoms with van der Waals surface area (Å²) in [5.41, 5.74) is 0.266. The largest absolute Gasteiger partial charge is 0.374 e. The maximum atomic E-state index is 6.15. The second-order valence-corrected chi connectivity index (χ2v) is 6.21. The van der Waals surface area contributed by atoms with Crippen LogP contribution in [0.3, 0.4) is 0 Å². The Kier molecular flexibility index (Phi) is 3.30. The topological polar surface area (TPSA) is 9.23 Å². The molecule has 1 heteroatoms. The lowest BCUT2D eigenvalue weighted by Gasteiger charge is -2.47. The molecule has 0 radical (unpaired) electrons. The first-order chi connectivity index (χ1) is 6.25. The molecule has 5 unspecified atom stereocenters. The lowest BCUT2D eigenvalue weighted by Crippen LogP contribution is -2.48. The van der Waals surface area contributed by atoms with E-state index in [1.165, 1.54) is 0 Å². The standard InChI is InChI=1S/C13H26O/c1-8-9(2)11(4)14-12(10(8)3)13(5,6)7/h8-12H,1-7H3. The minimum atomic E-state index is 0.266. The van der Waals surface area contributed by atoms with Crippen LogP contribution in [-0.4, -0.2) is 12.2 Å². The normalized spacial score (nSPS) is 45.2. The van der Waals surface area contributed by atoms with E-state index < -0.39 is 0 Å². The monoisotopic (exact) mass is 198 g/mol. The van der Waals surface area contributed by atoms with Crippen molar-refractivity contribution in [3.63, 3.8) is 0 Å². The third-order valence-corrected chi connectivity index (χ3v) is 4.09. The van der Waals surface area contributed by atoms with E-state index in [2.05, 4.69) is 48.5 Å². The van der Waals surface area contributed by atoms with Crippen molar-refractivity contribution in [3.05, 3.63) is 0 Å². The summed E-state index contributed by atoms with van der Waals surface area (Å²) < 4.78 is 6.15. The van der Waals surface area contributed by atoms with Crippen molar-refractivity contribution in [1.82, 2.24) is 0 Å². The van der Waals surface area contributed by atoms with Crippen LogP contribution < -0.4 is 0 Å². The Morgan fingerprint density at radius 1 is 0.786 bits per heavy atom. The Balaban J connectivity index is 2.81. The van der Waals surface area contributed by atoms with Crippen LogP contribution in [0.4, 0.5) is 0 Å². The van der Waals surface area contributed by atoms with E-state index in [-0.39, 0.29) is 5.41 Å². The summed E-state index contributed by atoms with van der Waals surface area (Å²) in [6, 6.07) is 0. The SMILES string of the molecule is CC1OC(C(C)(C)C)C(C)C(C)C1C. The number of hydrogen-bond donors (Lipinski definition) is 0. The van der Waals surface area contributed by atoms with Crippen LogP contribution in [0.1, 0.15) is 48.5 Å². The highest BCUT2D eigenvalue weighted by molar-refractivity contribution is 4.89. The predicted molar refractivity (Wildman–Crippen MR) is 61.3 cm³/mol. The van der Waals surface area contributed by atoms with Crippen LogP contribution in [0.15, 0.2) is 0 Å². The Hall–Kier alpha value is -0.0400. The highest BCUT2D eigenvalue weighted by Crippen LogP contribution is 2.41. The zero-order valence-electron chi connectivity index (χ0n) is 10.8. The molecule has 0 N–H and O–H groups in total. The third-order valence-electron chi connectivity index (χ3n) is 4.09. The lowest BCUT2D eigenvalue weighted by molar-refractivity contribution is -0.163. The lowest BCUT2D eigenvalue weighted by atomic mass is 9.70. The Morgan fingerprint density at radius 3 is 1.71 bits per heavy atom. The molecule has 0 aliphatic carbocycles. The highest BCUT2D eigenvalue weighted by atomic mass is 16.5. The molecule has 1 saturated heterocycles. The maximum absolute atomic E-state index is 6.15. The van der Waals surface area contributed by atoms with Crippen LogP contribution >= 0.6 is 0 Å². The van der Waals surface area contributed by atoms with Gasteiger partial charge in [0.1, 0.15) is 0 Å². The van der Waals surface area contributed by atoms with Gasteiger partial charge in [-0.05, 0) is 30.1 Å². The van der Waals surface area contributed by atoms with Crippen LogP contribution in [0.5, 0.6) is 0 Å². The van der Waals surface area contributed by atoms with Crippen molar-refractivity contribution in [1.29, 1.82) is 0 Å². The fraction of sp³-hybridized carbons (Fsp3) is 1.00. The van der Waals surface area contributed by atoms with Crippen molar-refractivity contribution >= 4 is 0 Å². The molecular formula is C13H26O. The second kappa shape index (κ2) is 3.84. The van der Waals surface area contributed by atoms with Crippen molar-refractivity contribution in [2.45, 2.75) is 60.7 Å². The number of rotatable bonds is 0. The summed E-state index contributed by atoms with van der Waals surface area (Å²) in [4.78, 5) is 0. The maximum Gasteiger partial charge on any atom is 0.0655 e. The molecule has 1 nitrogen and oxygen atoms in total. The molecule has 0 aromatic carbocycles. The van der Waals surface area contributed by atoms with Gasteiger partial charge in [-0.15, -0.1) is 0 Å². The third kappa shape index (κ3) is 2.13. The van der Waals surface area contributed by atoms with E-state index >= 15 is 0 Å². The molecule has 1 aliphatic rings. The Labute approximate surface area is 89.2 Å². The van der Waals surface area contributed by atoms with Gasteiger partial charge in [0.05, 0.1) is 12.2 Å². The molecule has 84 valence electrons. The Bertz CT molecular complexity index is 192. The van der Waals surface area contributed by atoms with Gasteiger partial charge in [-0.25, -0.2) is 0 Å². The van der Waals surface area contributed by atoms with Gasteiger partial charge in [0.2, 0.25) is 0 Å². The van der Waals surface area contributed by atoms with Crippen molar-refractivity contribution in [2.24, 2.45) is 23.2 Å². The molecule has 1 heterocycles. The summed E-state index contributed by atoms with van der Waals surface area (Å²) in [7, 11) is 0. The first kappa shape index (κ1) is 12.0. The number of hydrogen-bond acceptors (Lipinski definition) is 1. The highest BCUT2D eigenvalue weighted by Gasteiger charge is 2.42. The van der Waals surface area contributed by atoms with Gasteiger partial charge in [-0.1, -0.05) is 41.5 Å². The molecule has 1 aliphatic heterocycles. The van der Waals surface area contributed by atoms with Gasteiger partial charge < -0.3 is 4.74 Å². The summed E-state index contributed by atoms with van der Waals surface area (Å²) >= 11 is 0. The molecular weight excluding hydrogens is 172 g/mol. The van der Waals surface area contributed by atoms with E-state index in [4.69, 9.17) is 4.74 Å². The second-order valence-electron chi connectivity index (χ2n) is 6.21. The van der Waals surface area contributed by atoms with E-state index in [9.17, 15) is 0 Å². The summed E-state index contributed by atoms with van der Waals surface area (Å²) in [5.74, 6) is 2.12.